The number of benzene rings is 1. The van der Waals surface area contributed by atoms with Crippen LogP contribution in [0, 0.1) is 0 Å². The smallest absolute Gasteiger partial charge is 0.0717 e. The second kappa shape index (κ2) is 11.2. The first-order chi connectivity index (χ1) is 10.6. The molecule has 0 radical (unpaired) electrons. The Bertz CT molecular complexity index is 416. The van der Waals surface area contributed by atoms with Crippen molar-refractivity contribution < 1.29 is 9.47 Å². The number of hydrogen-bond acceptors (Lipinski definition) is 2. The van der Waals surface area contributed by atoms with E-state index < -0.39 is 0 Å². The van der Waals surface area contributed by atoms with Crippen LogP contribution in [0.1, 0.15) is 51.7 Å². The van der Waals surface area contributed by atoms with Crippen molar-refractivity contribution in [2.24, 2.45) is 0 Å². The fourth-order valence-electron chi connectivity index (χ4n) is 1.97. The minimum Gasteiger partial charge on any atom is -0.376 e. The first-order valence-corrected chi connectivity index (χ1v) is 8.08. The van der Waals surface area contributed by atoms with E-state index in [-0.39, 0.29) is 0 Å². The first-order valence-electron chi connectivity index (χ1n) is 8.08. The summed E-state index contributed by atoms with van der Waals surface area (Å²) in [6.45, 7) is 11.4. The van der Waals surface area contributed by atoms with Gasteiger partial charge in [0, 0.05) is 0 Å². The van der Waals surface area contributed by atoms with Crippen LogP contribution in [0.3, 0.4) is 0 Å². The Morgan fingerprint density at radius 3 is 1.41 bits per heavy atom. The van der Waals surface area contributed by atoms with Crippen LogP contribution in [-0.2, 0) is 22.7 Å². The van der Waals surface area contributed by atoms with Crippen LogP contribution in [-0.4, -0.2) is 13.2 Å². The number of rotatable bonds is 10. The van der Waals surface area contributed by atoms with Gasteiger partial charge in [0.05, 0.1) is 26.4 Å². The van der Waals surface area contributed by atoms with E-state index in [0.717, 1.165) is 26.1 Å². The second-order valence-corrected chi connectivity index (χ2v) is 6.06. The van der Waals surface area contributed by atoms with Gasteiger partial charge in [0.25, 0.3) is 0 Å². The third kappa shape index (κ3) is 9.54. The number of ether oxygens (including phenoxy) is 2. The van der Waals surface area contributed by atoms with Gasteiger partial charge in [-0.25, -0.2) is 0 Å². The van der Waals surface area contributed by atoms with Crippen LogP contribution in [0.15, 0.2) is 47.6 Å². The molecule has 0 saturated heterocycles. The van der Waals surface area contributed by atoms with Crippen molar-refractivity contribution in [1.29, 1.82) is 0 Å². The molecule has 0 N–H and O–H groups in total. The molecule has 0 fully saturated rings. The van der Waals surface area contributed by atoms with Gasteiger partial charge in [-0.2, -0.15) is 0 Å². The Morgan fingerprint density at radius 1 is 0.727 bits per heavy atom. The second-order valence-electron chi connectivity index (χ2n) is 6.06. The predicted molar refractivity (Wildman–Crippen MR) is 93.9 cm³/mol. The molecule has 0 bridgehead atoms. The van der Waals surface area contributed by atoms with Crippen LogP contribution in [0.2, 0.25) is 0 Å². The average Bonchev–Trinajstić information content (AvgIpc) is 2.47. The summed E-state index contributed by atoms with van der Waals surface area (Å²) >= 11 is 0. The summed E-state index contributed by atoms with van der Waals surface area (Å²) in [5.74, 6) is 0. The largest absolute Gasteiger partial charge is 0.376 e. The van der Waals surface area contributed by atoms with Gasteiger partial charge in [-0.15, -0.1) is 0 Å². The van der Waals surface area contributed by atoms with Crippen LogP contribution in [0.25, 0.3) is 0 Å². The van der Waals surface area contributed by atoms with Gasteiger partial charge in [0.15, 0.2) is 0 Å². The molecule has 1 rings (SSSR count). The van der Waals surface area contributed by atoms with E-state index in [1.807, 2.05) is 0 Å². The maximum atomic E-state index is 5.66. The predicted octanol–water partition coefficient (Wildman–Crippen LogP) is 5.43. The molecular formula is C20H30O2. The minimum atomic E-state index is 0.679. The molecule has 0 aromatic heterocycles. The van der Waals surface area contributed by atoms with E-state index in [4.69, 9.17) is 9.47 Å². The third-order valence-corrected chi connectivity index (χ3v) is 3.19. The van der Waals surface area contributed by atoms with E-state index >= 15 is 0 Å². The maximum absolute atomic E-state index is 5.66. The zero-order chi connectivity index (χ0) is 16.2. The van der Waals surface area contributed by atoms with Crippen LogP contribution >= 0.6 is 0 Å². The lowest BCUT2D eigenvalue weighted by Gasteiger charge is -2.06. The Balaban J connectivity index is 2.19. The molecule has 0 amide bonds. The summed E-state index contributed by atoms with van der Waals surface area (Å²) in [6.07, 6.45) is 6.38. The van der Waals surface area contributed by atoms with Crippen molar-refractivity contribution >= 4 is 0 Å². The standard InChI is InChI=1S/C20H30O2/c1-17(2)7-5-13-21-15-19-9-11-20(12-10-19)16-22-14-6-8-18(3)4/h7-12H,5-6,13-16H2,1-4H3. The summed E-state index contributed by atoms with van der Waals surface area (Å²) in [4.78, 5) is 0. The van der Waals surface area contributed by atoms with Gasteiger partial charge in [-0.1, -0.05) is 47.6 Å². The van der Waals surface area contributed by atoms with Crippen LogP contribution in [0.5, 0.6) is 0 Å². The van der Waals surface area contributed by atoms with E-state index in [0.29, 0.717) is 13.2 Å². The Labute approximate surface area is 135 Å². The third-order valence-electron chi connectivity index (χ3n) is 3.19. The normalized spacial score (nSPS) is 10.4. The van der Waals surface area contributed by atoms with Crippen molar-refractivity contribution in [3.63, 3.8) is 0 Å². The molecule has 1 aromatic rings. The van der Waals surface area contributed by atoms with Gasteiger partial charge < -0.3 is 9.47 Å². The fraction of sp³-hybridized carbons (Fsp3) is 0.500. The Hall–Kier alpha value is -1.38. The van der Waals surface area contributed by atoms with Crippen molar-refractivity contribution in [2.45, 2.75) is 53.8 Å². The zero-order valence-electron chi connectivity index (χ0n) is 14.5. The molecule has 0 unspecified atom stereocenters. The molecule has 0 atom stereocenters. The summed E-state index contributed by atoms with van der Waals surface area (Å²) in [6, 6.07) is 8.48. The molecule has 22 heavy (non-hydrogen) atoms. The van der Waals surface area contributed by atoms with E-state index in [9.17, 15) is 0 Å². The summed E-state index contributed by atoms with van der Waals surface area (Å²) in [7, 11) is 0. The number of hydrogen-bond donors (Lipinski definition) is 0. The highest BCUT2D eigenvalue weighted by Crippen LogP contribution is 2.08. The molecule has 0 aliphatic carbocycles. The van der Waals surface area contributed by atoms with Crippen molar-refractivity contribution in [3.8, 4) is 0 Å². The van der Waals surface area contributed by atoms with Gasteiger partial charge in [-0.3, -0.25) is 0 Å². The topological polar surface area (TPSA) is 18.5 Å². The molecule has 2 nitrogen and oxygen atoms in total. The van der Waals surface area contributed by atoms with Gasteiger partial charge >= 0.3 is 0 Å². The molecule has 122 valence electrons. The lowest BCUT2D eigenvalue weighted by molar-refractivity contribution is 0.123. The van der Waals surface area contributed by atoms with Crippen molar-refractivity contribution in [3.05, 3.63) is 58.7 Å². The quantitative estimate of drug-likeness (QED) is 0.423. The molecule has 2 heteroatoms. The molecule has 0 spiro atoms. The SMILES string of the molecule is CC(C)=CCCOCc1ccc(COCCC=C(C)C)cc1. The molecule has 0 aliphatic rings. The first kappa shape index (κ1) is 18.7. The maximum Gasteiger partial charge on any atom is 0.0717 e. The molecular weight excluding hydrogens is 272 g/mol. The minimum absolute atomic E-state index is 0.679. The summed E-state index contributed by atoms with van der Waals surface area (Å²) in [5.41, 5.74) is 5.12. The monoisotopic (exact) mass is 302 g/mol. The van der Waals surface area contributed by atoms with Gasteiger partial charge in [0.1, 0.15) is 0 Å². The molecule has 0 aliphatic heterocycles. The van der Waals surface area contributed by atoms with Crippen LogP contribution in [0.4, 0.5) is 0 Å². The molecule has 0 saturated carbocycles. The summed E-state index contributed by atoms with van der Waals surface area (Å²) < 4.78 is 11.3. The van der Waals surface area contributed by atoms with Crippen LogP contribution < -0.4 is 0 Å². The zero-order valence-corrected chi connectivity index (χ0v) is 14.5. The lowest BCUT2D eigenvalue weighted by atomic mass is 10.1. The van der Waals surface area contributed by atoms with Gasteiger partial charge in [0.2, 0.25) is 0 Å². The van der Waals surface area contributed by atoms with E-state index in [2.05, 4.69) is 64.1 Å². The fourth-order valence-corrected chi connectivity index (χ4v) is 1.97. The molecule has 0 heterocycles. The van der Waals surface area contributed by atoms with Crippen molar-refractivity contribution in [1.82, 2.24) is 0 Å². The molecule has 1 aromatic carbocycles. The lowest BCUT2D eigenvalue weighted by Crippen LogP contribution is -1.97. The highest BCUT2D eigenvalue weighted by molar-refractivity contribution is 5.21. The Kier molecular flexibility index (Phi) is 9.52. The summed E-state index contributed by atoms with van der Waals surface area (Å²) in [5, 5.41) is 0. The highest BCUT2D eigenvalue weighted by Gasteiger charge is 1.96. The van der Waals surface area contributed by atoms with Crippen molar-refractivity contribution in [2.75, 3.05) is 13.2 Å². The van der Waals surface area contributed by atoms with E-state index in [1.54, 1.807) is 0 Å². The highest BCUT2D eigenvalue weighted by atomic mass is 16.5. The van der Waals surface area contributed by atoms with E-state index in [1.165, 1.54) is 22.3 Å². The van der Waals surface area contributed by atoms with Gasteiger partial charge in [-0.05, 0) is 51.7 Å². The number of allylic oxidation sites excluding steroid dienone is 2. The average molecular weight is 302 g/mol. The Morgan fingerprint density at radius 2 is 1.09 bits per heavy atom.